The van der Waals surface area contributed by atoms with Crippen molar-refractivity contribution in [1.82, 2.24) is 5.43 Å². The van der Waals surface area contributed by atoms with Gasteiger partial charge in [-0.2, -0.15) is 5.10 Å². The summed E-state index contributed by atoms with van der Waals surface area (Å²) in [5.74, 6) is 2.64. The van der Waals surface area contributed by atoms with Crippen LogP contribution in [0.2, 0.25) is 0 Å². The number of terminal acetylenes is 1. The predicted molar refractivity (Wildman–Crippen MR) is 92.7 cm³/mol. The maximum Gasteiger partial charge on any atom is 0.273 e. The second kappa shape index (κ2) is 9.13. The molecule has 0 bridgehead atoms. The van der Waals surface area contributed by atoms with Crippen LogP contribution in [0.15, 0.2) is 59.7 Å². The van der Waals surface area contributed by atoms with Crippen LogP contribution < -0.4 is 10.2 Å². The van der Waals surface area contributed by atoms with Crippen LogP contribution in [-0.2, 0) is 9.53 Å². The highest BCUT2D eigenvalue weighted by atomic mass is 16.5. The number of carbonyl (C=O) groups is 1. The first kappa shape index (κ1) is 17.3. The minimum Gasteiger partial charge on any atom is -0.480 e. The van der Waals surface area contributed by atoms with Crippen molar-refractivity contribution in [3.05, 3.63) is 65.7 Å². The van der Waals surface area contributed by atoms with Crippen molar-refractivity contribution in [1.29, 1.82) is 0 Å². The summed E-state index contributed by atoms with van der Waals surface area (Å²) in [6.07, 6.45) is 5.97. The van der Waals surface area contributed by atoms with Crippen LogP contribution in [0, 0.1) is 12.3 Å². The van der Waals surface area contributed by atoms with Crippen LogP contribution in [0.5, 0.6) is 5.75 Å². The molecule has 0 spiro atoms. The lowest BCUT2D eigenvalue weighted by molar-refractivity contribution is -0.131. The summed E-state index contributed by atoms with van der Waals surface area (Å²) in [7, 11) is 1.48. The molecule has 1 N–H and O–H groups in total. The first-order chi connectivity index (χ1) is 11.8. The van der Waals surface area contributed by atoms with Gasteiger partial charge in [-0.15, -0.1) is 6.42 Å². The van der Waals surface area contributed by atoms with Crippen LogP contribution in [0.4, 0.5) is 0 Å². The van der Waals surface area contributed by atoms with Crippen molar-refractivity contribution in [3.63, 3.8) is 0 Å². The first-order valence-electron chi connectivity index (χ1n) is 7.32. The number of hydrazone groups is 1. The van der Waals surface area contributed by atoms with Gasteiger partial charge < -0.3 is 9.47 Å². The number of nitrogens with one attached hydrogen (secondary N) is 1. The Labute approximate surface area is 141 Å². The predicted octanol–water partition coefficient (Wildman–Crippen LogP) is 2.54. The number of ether oxygens (including phenoxy) is 2. The highest BCUT2D eigenvalue weighted by molar-refractivity contribution is 5.86. The molecule has 0 aliphatic carbocycles. The summed E-state index contributed by atoms with van der Waals surface area (Å²) in [6.45, 7) is 0.164. The van der Waals surface area contributed by atoms with E-state index in [1.54, 1.807) is 6.07 Å². The fourth-order valence-electron chi connectivity index (χ4n) is 2.08. The second-order valence-electron chi connectivity index (χ2n) is 4.79. The fraction of sp³-hybridized carbons (Fsp3) is 0.158. The smallest absolute Gasteiger partial charge is 0.273 e. The van der Waals surface area contributed by atoms with Crippen molar-refractivity contribution in [2.75, 3.05) is 13.7 Å². The van der Waals surface area contributed by atoms with Crippen molar-refractivity contribution in [2.24, 2.45) is 5.10 Å². The molecule has 122 valence electrons. The minimum atomic E-state index is -0.726. The SMILES string of the molecule is C#CCOc1ccccc1/C=N/NC(=O)C(OC)c1ccccc1. The lowest BCUT2D eigenvalue weighted by Gasteiger charge is -2.13. The minimum absolute atomic E-state index is 0.164. The van der Waals surface area contributed by atoms with Gasteiger partial charge in [0.05, 0.1) is 6.21 Å². The Balaban J connectivity index is 2.03. The van der Waals surface area contributed by atoms with Crippen LogP contribution >= 0.6 is 0 Å². The standard InChI is InChI=1S/C19H18N2O3/c1-3-13-24-17-12-8-7-11-16(17)14-20-21-19(22)18(23-2)15-9-5-4-6-10-15/h1,4-12,14,18H,13H2,2H3,(H,21,22)/b20-14+. The third kappa shape index (κ3) is 4.70. The highest BCUT2D eigenvalue weighted by Gasteiger charge is 2.19. The molecule has 0 aromatic heterocycles. The Bertz CT molecular complexity index is 736. The van der Waals surface area contributed by atoms with Crippen LogP contribution in [0.25, 0.3) is 0 Å². The number of hydrogen-bond donors (Lipinski definition) is 1. The molecule has 1 amide bonds. The largest absolute Gasteiger partial charge is 0.480 e. The number of hydrogen-bond acceptors (Lipinski definition) is 4. The van der Waals surface area contributed by atoms with Crippen LogP contribution in [-0.4, -0.2) is 25.8 Å². The number of nitrogens with zero attached hydrogens (tertiary/aromatic N) is 1. The molecule has 1 atom stereocenters. The lowest BCUT2D eigenvalue weighted by Crippen LogP contribution is -2.26. The van der Waals surface area contributed by atoms with Gasteiger partial charge in [-0.05, 0) is 17.7 Å². The molecule has 2 aromatic rings. The van der Waals surface area contributed by atoms with Crippen molar-refractivity contribution < 1.29 is 14.3 Å². The van der Waals surface area contributed by atoms with E-state index in [-0.39, 0.29) is 12.5 Å². The van der Waals surface area contributed by atoms with Gasteiger partial charge in [0.15, 0.2) is 6.10 Å². The summed E-state index contributed by atoms with van der Waals surface area (Å²) in [4.78, 5) is 12.2. The molecule has 0 radical (unpaired) electrons. The number of rotatable bonds is 7. The summed E-state index contributed by atoms with van der Waals surface area (Å²) < 4.78 is 10.7. The number of amides is 1. The average molecular weight is 322 g/mol. The number of methoxy groups -OCH3 is 1. The fourth-order valence-corrected chi connectivity index (χ4v) is 2.08. The maximum absolute atomic E-state index is 12.2. The monoisotopic (exact) mass is 322 g/mol. The zero-order chi connectivity index (χ0) is 17.2. The quantitative estimate of drug-likeness (QED) is 0.484. The van der Waals surface area contributed by atoms with Crippen LogP contribution in [0.3, 0.4) is 0 Å². The van der Waals surface area contributed by atoms with Gasteiger partial charge in [0.25, 0.3) is 5.91 Å². The molecule has 0 heterocycles. The van der Waals surface area contributed by atoms with E-state index in [0.717, 1.165) is 5.56 Å². The number of para-hydroxylation sites is 1. The molecule has 2 rings (SSSR count). The summed E-state index contributed by atoms with van der Waals surface area (Å²) in [5.41, 5.74) is 3.94. The van der Waals surface area contributed by atoms with Gasteiger partial charge >= 0.3 is 0 Å². The van der Waals surface area contributed by atoms with Gasteiger partial charge in [0.1, 0.15) is 12.4 Å². The zero-order valence-electron chi connectivity index (χ0n) is 13.3. The number of benzene rings is 2. The molecule has 5 nitrogen and oxygen atoms in total. The normalized spacial score (nSPS) is 11.7. The maximum atomic E-state index is 12.2. The number of carbonyl (C=O) groups excluding carboxylic acids is 1. The topological polar surface area (TPSA) is 59.9 Å². The Morgan fingerprint density at radius 1 is 1.25 bits per heavy atom. The van der Waals surface area contributed by atoms with Crippen molar-refractivity contribution in [2.45, 2.75) is 6.10 Å². The molecule has 5 heteroatoms. The van der Waals surface area contributed by atoms with Gasteiger partial charge in [-0.25, -0.2) is 5.43 Å². The van der Waals surface area contributed by atoms with Crippen LogP contribution in [0.1, 0.15) is 17.2 Å². The molecule has 24 heavy (non-hydrogen) atoms. The first-order valence-corrected chi connectivity index (χ1v) is 7.32. The Hall–Kier alpha value is -3.10. The molecule has 0 aliphatic heterocycles. The van der Waals surface area contributed by atoms with E-state index in [4.69, 9.17) is 15.9 Å². The van der Waals surface area contributed by atoms with Crippen molar-refractivity contribution >= 4 is 12.1 Å². The third-order valence-electron chi connectivity index (χ3n) is 3.18. The van der Waals surface area contributed by atoms with E-state index in [2.05, 4.69) is 16.4 Å². The lowest BCUT2D eigenvalue weighted by atomic mass is 10.1. The van der Waals surface area contributed by atoms with E-state index in [1.165, 1.54) is 13.3 Å². The molecule has 0 aliphatic rings. The van der Waals surface area contributed by atoms with E-state index in [0.29, 0.717) is 11.3 Å². The van der Waals surface area contributed by atoms with Gasteiger partial charge in [-0.3, -0.25) is 4.79 Å². The van der Waals surface area contributed by atoms with Gasteiger partial charge in [-0.1, -0.05) is 48.4 Å². The van der Waals surface area contributed by atoms with Crippen molar-refractivity contribution in [3.8, 4) is 18.1 Å². The second-order valence-corrected chi connectivity index (χ2v) is 4.79. The highest BCUT2D eigenvalue weighted by Crippen LogP contribution is 2.17. The summed E-state index contributed by atoms with van der Waals surface area (Å²) in [6, 6.07) is 16.5. The molecule has 0 fully saturated rings. The van der Waals surface area contributed by atoms with E-state index in [1.807, 2.05) is 48.5 Å². The van der Waals surface area contributed by atoms with E-state index < -0.39 is 6.10 Å². The molecular weight excluding hydrogens is 304 g/mol. The Morgan fingerprint density at radius 3 is 2.67 bits per heavy atom. The third-order valence-corrected chi connectivity index (χ3v) is 3.18. The molecule has 0 saturated heterocycles. The van der Waals surface area contributed by atoms with Gasteiger partial charge in [0.2, 0.25) is 0 Å². The molecule has 0 saturated carbocycles. The molecular formula is C19H18N2O3. The zero-order valence-corrected chi connectivity index (χ0v) is 13.3. The van der Waals surface area contributed by atoms with Gasteiger partial charge in [0, 0.05) is 12.7 Å². The Kier molecular flexibility index (Phi) is 6.57. The molecule has 2 aromatic carbocycles. The summed E-state index contributed by atoms with van der Waals surface area (Å²) >= 11 is 0. The van der Waals surface area contributed by atoms with E-state index in [9.17, 15) is 4.79 Å². The average Bonchev–Trinajstić information content (AvgIpc) is 2.62. The Morgan fingerprint density at radius 2 is 1.96 bits per heavy atom. The van der Waals surface area contributed by atoms with E-state index >= 15 is 0 Å². The molecule has 1 unspecified atom stereocenters. The summed E-state index contributed by atoms with van der Waals surface area (Å²) in [5, 5.41) is 3.97.